The maximum Gasteiger partial charge on any atom is 0.133 e. The SMILES string of the molecule is Cc1ccnc(C2CCN(c3ccncn3)C2)n1. The van der Waals surface area contributed by atoms with Gasteiger partial charge in [0.2, 0.25) is 0 Å². The van der Waals surface area contributed by atoms with E-state index in [1.807, 2.05) is 25.3 Å². The molecule has 5 nitrogen and oxygen atoms in total. The van der Waals surface area contributed by atoms with E-state index >= 15 is 0 Å². The van der Waals surface area contributed by atoms with Gasteiger partial charge in [-0.3, -0.25) is 0 Å². The Hall–Kier alpha value is -2.04. The van der Waals surface area contributed by atoms with Crippen LogP contribution in [0.1, 0.15) is 23.9 Å². The molecular formula is C13H15N5. The molecule has 0 amide bonds. The van der Waals surface area contributed by atoms with E-state index in [9.17, 15) is 0 Å². The van der Waals surface area contributed by atoms with Crippen molar-refractivity contribution in [1.29, 1.82) is 0 Å². The predicted octanol–water partition coefficient (Wildman–Crippen LogP) is 1.57. The maximum absolute atomic E-state index is 4.51. The second-order valence-electron chi connectivity index (χ2n) is 4.56. The average Bonchev–Trinajstić information content (AvgIpc) is 2.89. The molecule has 18 heavy (non-hydrogen) atoms. The van der Waals surface area contributed by atoms with Crippen LogP contribution in [0.2, 0.25) is 0 Å². The normalized spacial score (nSPS) is 19.2. The Bertz CT molecular complexity index is 528. The summed E-state index contributed by atoms with van der Waals surface area (Å²) in [6.07, 6.45) is 6.28. The van der Waals surface area contributed by atoms with Crippen LogP contribution >= 0.6 is 0 Å². The highest BCUT2D eigenvalue weighted by atomic mass is 15.2. The fourth-order valence-electron chi connectivity index (χ4n) is 2.31. The van der Waals surface area contributed by atoms with Crippen LogP contribution in [0.5, 0.6) is 0 Å². The smallest absolute Gasteiger partial charge is 0.133 e. The monoisotopic (exact) mass is 241 g/mol. The minimum atomic E-state index is 0.403. The number of anilines is 1. The van der Waals surface area contributed by atoms with Gasteiger partial charge in [0.05, 0.1) is 0 Å². The van der Waals surface area contributed by atoms with Gasteiger partial charge < -0.3 is 4.90 Å². The van der Waals surface area contributed by atoms with Gasteiger partial charge in [-0.05, 0) is 25.5 Å². The highest BCUT2D eigenvalue weighted by Gasteiger charge is 2.26. The molecule has 92 valence electrons. The van der Waals surface area contributed by atoms with Crippen molar-refractivity contribution in [1.82, 2.24) is 19.9 Å². The van der Waals surface area contributed by atoms with Gasteiger partial charge in [-0.1, -0.05) is 0 Å². The van der Waals surface area contributed by atoms with Gasteiger partial charge in [-0.15, -0.1) is 0 Å². The second-order valence-corrected chi connectivity index (χ2v) is 4.56. The van der Waals surface area contributed by atoms with Gasteiger partial charge in [0.25, 0.3) is 0 Å². The molecule has 1 aliphatic rings. The van der Waals surface area contributed by atoms with E-state index in [2.05, 4.69) is 24.8 Å². The molecule has 3 rings (SSSR count). The van der Waals surface area contributed by atoms with Crippen molar-refractivity contribution in [2.75, 3.05) is 18.0 Å². The van der Waals surface area contributed by atoms with Gasteiger partial charge in [0, 0.05) is 37.1 Å². The summed E-state index contributed by atoms with van der Waals surface area (Å²) in [6.45, 7) is 3.93. The third kappa shape index (κ3) is 2.16. The first kappa shape index (κ1) is 11.1. The molecule has 2 aromatic heterocycles. The summed E-state index contributed by atoms with van der Waals surface area (Å²) < 4.78 is 0. The molecule has 2 aromatic rings. The second kappa shape index (κ2) is 4.68. The van der Waals surface area contributed by atoms with E-state index in [1.165, 1.54) is 0 Å². The van der Waals surface area contributed by atoms with E-state index < -0.39 is 0 Å². The van der Waals surface area contributed by atoms with Crippen molar-refractivity contribution in [3.05, 3.63) is 42.4 Å². The lowest BCUT2D eigenvalue weighted by atomic mass is 10.1. The van der Waals surface area contributed by atoms with E-state index in [0.717, 1.165) is 36.8 Å². The summed E-state index contributed by atoms with van der Waals surface area (Å²) in [5, 5.41) is 0. The van der Waals surface area contributed by atoms with Crippen LogP contribution in [-0.4, -0.2) is 33.0 Å². The van der Waals surface area contributed by atoms with Crippen LogP contribution in [-0.2, 0) is 0 Å². The molecule has 0 spiro atoms. The first-order valence-corrected chi connectivity index (χ1v) is 6.13. The van der Waals surface area contributed by atoms with Crippen molar-refractivity contribution >= 4 is 5.82 Å². The van der Waals surface area contributed by atoms with Gasteiger partial charge in [0.1, 0.15) is 18.0 Å². The maximum atomic E-state index is 4.51. The Morgan fingerprint density at radius 1 is 1.22 bits per heavy atom. The van der Waals surface area contributed by atoms with Crippen molar-refractivity contribution in [2.24, 2.45) is 0 Å². The van der Waals surface area contributed by atoms with Crippen molar-refractivity contribution in [3.8, 4) is 0 Å². The number of nitrogens with zero attached hydrogens (tertiary/aromatic N) is 5. The Labute approximate surface area is 106 Å². The molecule has 1 fully saturated rings. The van der Waals surface area contributed by atoms with Crippen molar-refractivity contribution in [3.63, 3.8) is 0 Å². The molecule has 1 saturated heterocycles. The fourth-order valence-corrected chi connectivity index (χ4v) is 2.31. The Kier molecular flexibility index (Phi) is 2.88. The number of aryl methyl sites for hydroxylation is 1. The van der Waals surface area contributed by atoms with Crippen LogP contribution in [0.3, 0.4) is 0 Å². The van der Waals surface area contributed by atoms with Crippen LogP contribution in [0, 0.1) is 6.92 Å². The molecule has 0 aromatic carbocycles. The molecule has 1 atom stereocenters. The zero-order valence-electron chi connectivity index (χ0n) is 10.3. The topological polar surface area (TPSA) is 54.8 Å². The van der Waals surface area contributed by atoms with E-state index in [0.29, 0.717) is 5.92 Å². The predicted molar refractivity (Wildman–Crippen MR) is 68.4 cm³/mol. The van der Waals surface area contributed by atoms with Crippen molar-refractivity contribution in [2.45, 2.75) is 19.3 Å². The molecule has 0 bridgehead atoms. The highest BCUT2D eigenvalue weighted by molar-refractivity contribution is 5.39. The lowest BCUT2D eigenvalue weighted by Crippen LogP contribution is -2.20. The van der Waals surface area contributed by atoms with Crippen LogP contribution in [0.25, 0.3) is 0 Å². The van der Waals surface area contributed by atoms with E-state index in [4.69, 9.17) is 0 Å². The molecule has 1 aliphatic heterocycles. The molecule has 0 aliphatic carbocycles. The molecule has 3 heterocycles. The van der Waals surface area contributed by atoms with Crippen molar-refractivity contribution < 1.29 is 0 Å². The molecule has 1 unspecified atom stereocenters. The third-order valence-corrected chi connectivity index (χ3v) is 3.26. The molecule has 0 saturated carbocycles. The molecule has 0 radical (unpaired) electrons. The number of rotatable bonds is 2. The fraction of sp³-hybridized carbons (Fsp3) is 0.385. The lowest BCUT2D eigenvalue weighted by molar-refractivity contribution is 0.703. The van der Waals surface area contributed by atoms with Gasteiger partial charge in [-0.2, -0.15) is 0 Å². The minimum Gasteiger partial charge on any atom is -0.356 e. The van der Waals surface area contributed by atoms with Gasteiger partial charge in [0.15, 0.2) is 0 Å². The number of hydrogen-bond acceptors (Lipinski definition) is 5. The van der Waals surface area contributed by atoms with Gasteiger partial charge in [-0.25, -0.2) is 19.9 Å². The zero-order valence-corrected chi connectivity index (χ0v) is 10.3. The first-order valence-electron chi connectivity index (χ1n) is 6.13. The summed E-state index contributed by atoms with van der Waals surface area (Å²) >= 11 is 0. The van der Waals surface area contributed by atoms with Crippen LogP contribution in [0.4, 0.5) is 5.82 Å². The summed E-state index contributed by atoms with van der Waals surface area (Å²) in [7, 11) is 0. The van der Waals surface area contributed by atoms with Crippen LogP contribution < -0.4 is 4.90 Å². The Morgan fingerprint density at radius 3 is 2.94 bits per heavy atom. The van der Waals surface area contributed by atoms with E-state index in [-0.39, 0.29) is 0 Å². The highest BCUT2D eigenvalue weighted by Crippen LogP contribution is 2.27. The van der Waals surface area contributed by atoms with Gasteiger partial charge >= 0.3 is 0 Å². The Morgan fingerprint density at radius 2 is 2.17 bits per heavy atom. The molecule has 5 heteroatoms. The lowest BCUT2D eigenvalue weighted by Gasteiger charge is -2.16. The summed E-state index contributed by atoms with van der Waals surface area (Å²) in [4.78, 5) is 19.4. The standard InChI is InChI=1S/C13H15N5/c1-10-2-6-15-13(17-10)11-4-7-18(8-11)12-3-5-14-9-16-12/h2-3,5-6,9,11H,4,7-8H2,1H3. The summed E-state index contributed by atoms with van der Waals surface area (Å²) in [6, 6.07) is 3.88. The zero-order chi connectivity index (χ0) is 12.4. The molecule has 0 N–H and O–H groups in total. The van der Waals surface area contributed by atoms with Crippen LogP contribution in [0.15, 0.2) is 30.9 Å². The average molecular weight is 241 g/mol. The quantitative estimate of drug-likeness (QED) is 0.798. The minimum absolute atomic E-state index is 0.403. The molecular weight excluding hydrogens is 226 g/mol. The summed E-state index contributed by atoms with van der Waals surface area (Å²) in [5.41, 5.74) is 1.03. The first-order chi connectivity index (χ1) is 8.83. The number of hydrogen-bond donors (Lipinski definition) is 0. The van der Waals surface area contributed by atoms with E-state index in [1.54, 1.807) is 12.5 Å². The Balaban J connectivity index is 1.76. The third-order valence-electron chi connectivity index (χ3n) is 3.26. The largest absolute Gasteiger partial charge is 0.356 e. The summed E-state index contributed by atoms with van der Waals surface area (Å²) in [5.74, 6) is 2.34. The number of aromatic nitrogens is 4.